The molecular weight excluding hydrogens is 180 g/mol. The van der Waals surface area contributed by atoms with Gasteiger partial charge in [-0.15, -0.1) is 5.10 Å². The Morgan fingerprint density at radius 3 is 2.93 bits per heavy atom. The monoisotopic (exact) mass is 198 g/mol. The lowest BCUT2D eigenvalue weighted by Gasteiger charge is -2.20. The second-order valence-electron chi connectivity index (χ2n) is 3.80. The van der Waals surface area contributed by atoms with Gasteiger partial charge in [0, 0.05) is 12.6 Å². The number of hydrogen-bond donors (Lipinski definition) is 2. The van der Waals surface area contributed by atoms with Crippen LogP contribution in [0.4, 0.5) is 0 Å². The van der Waals surface area contributed by atoms with Gasteiger partial charge in [0.05, 0.1) is 17.8 Å². The highest BCUT2D eigenvalue weighted by atomic mass is 16.3. The molecule has 5 heteroatoms. The lowest BCUT2D eigenvalue weighted by Crippen LogP contribution is -2.29. The minimum atomic E-state index is -0.715. The standard InChI is InChI=1S/C9H18N4O/c1-3-9(2,14)7-13-6-8(4-5-10)11-12-13/h6,14H,3-5,7,10H2,1-2H3. The highest BCUT2D eigenvalue weighted by Gasteiger charge is 2.18. The fourth-order valence-corrected chi connectivity index (χ4v) is 1.14. The first kappa shape index (κ1) is 11.1. The van der Waals surface area contributed by atoms with E-state index in [4.69, 9.17) is 5.73 Å². The molecule has 1 heterocycles. The molecule has 1 atom stereocenters. The number of nitrogens with two attached hydrogens (primary N) is 1. The fraction of sp³-hybridized carbons (Fsp3) is 0.778. The van der Waals surface area contributed by atoms with Gasteiger partial charge in [0.25, 0.3) is 0 Å². The van der Waals surface area contributed by atoms with Crippen molar-refractivity contribution in [3.63, 3.8) is 0 Å². The summed E-state index contributed by atoms with van der Waals surface area (Å²) < 4.78 is 1.66. The second kappa shape index (κ2) is 4.52. The fourth-order valence-electron chi connectivity index (χ4n) is 1.14. The van der Waals surface area contributed by atoms with Crippen LogP contribution in [0.15, 0.2) is 6.20 Å². The minimum absolute atomic E-state index is 0.473. The summed E-state index contributed by atoms with van der Waals surface area (Å²) in [5.74, 6) is 0. The van der Waals surface area contributed by atoms with Crippen LogP contribution in [-0.4, -0.2) is 32.2 Å². The molecule has 3 N–H and O–H groups in total. The van der Waals surface area contributed by atoms with E-state index in [-0.39, 0.29) is 0 Å². The van der Waals surface area contributed by atoms with Gasteiger partial charge in [-0.3, -0.25) is 0 Å². The maximum Gasteiger partial charge on any atom is 0.0839 e. The summed E-state index contributed by atoms with van der Waals surface area (Å²) >= 11 is 0. The van der Waals surface area contributed by atoms with E-state index < -0.39 is 5.60 Å². The van der Waals surface area contributed by atoms with Gasteiger partial charge in [0.15, 0.2) is 0 Å². The summed E-state index contributed by atoms with van der Waals surface area (Å²) in [7, 11) is 0. The summed E-state index contributed by atoms with van der Waals surface area (Å²) in [4.78, 5) is 0. The minimum Gasteiger partial charge on any atom is -0.388 e. The average molecular weight is 198 g/mol. The van der Waals surface area contributed by atoms with E-state index in [9.17, 15) is 5.11 Å². The largest absolute Gasteiger partial charge is 0.388 e. The Hall–Kier alpha value is -0.940. The maximum atomic E-state index is 9.80. The van der Waals surface area contributed by atoms with Crippen LogP contribution in [0.2, 0.25) is 0 Å². The van der Waals surface area contributed by atoms with Crippen molar-refractivity contribution in [1.29, 1.82) is 0 Å². The molecule has 1 rings (SSSR count). The van der Waals surface area contributed by atoms with Crippen LogP contribution in [-0.2, 0) is 13.0 Å². The zero-order valence-electron chi connectivity index (χ0n) is 8.77. The first-order valence-electron chi connectivity index (χ1n) is 4.89. The smallest absolute Gasteiger partial charge is 0.0839 e. The molecule has 0 spiro atoms. The zero-order chi connectivity index (χ0) is 10.6. The number of hydrogen-bond acceptors (Lipinski definition) is 4. The molecule has 0 aliphatic heterocycles. The summed E-state index contributed by atoms with van der Waals surface area (Å²) in [6.07, 6.45) is 3.25. The van der Waals surface area contributed by atoms with Gasteiger partial charge >= 0.3 is 0 Å². The van der Waals surface area contributed by atoms with Crippen LogP contribution >= 0.6 is 0 Å². The van der Waals surface area contributed by atoms with Crippen LogP contribution in [0, 0.1) is 0 Å². The quantitative estimate of drug-likeness (QED) is 0.695. The molecular formula is C9H18N4O. The molecule has 0 fully saturated rings. The summed E-state index contributed by atoms with van der Waals surface area (Å²) in [6, 6.07) is 0. The summed E-state index contributed by atoms with van der Waals surface area (Å²) in [5, 5.41) is 17.7. The lowest BCUT2D eigenvalue weighted by molar-refractivity contribution is 0.0339. The molecule has 1 aromatic heterocycles. The topological polar surface area (TPSA) is 77.0 Å². The first-order chi connectivity index (χ1) is 6.57. The summed E-state index contributed by atoms with van der Waals surface area (Å²) in [6.45, 7) is 4.78. The predicted octanol–water partition coefficient (Wildman–Crippen LogP) is -0.0597. The Balaban J connectivity index is 2.59. The molecule has 1 unspecified atom stereocenters. The average Bonchev–Trinajstić information content (AvgIpc) is 2.53. The van der Waals surface area contributed by atoms with Crippen molar-refractivity contribution in [3.05, 3.63) is 11.9 Å². The molecule has 0 radical (unpaired) electrons. The molecule has 0 aliphatic carbocycles. The number of aliphatic hydroxyl groups is 1. The van der Waals surface area contributed by atoms with Crippen LogP contribution in [0.3, 0.4) is 0 Å². The first-order valence-corrected chi connectivity index (χ1v) is 4.89. The molecule has 14 heavy (non-hydrogen) atoms. The van der Waals surface area contributed by atoms with E-state index in [1.165, 1.54) is 0 Å². The molecule has 0 saturated heterocycles. The Kier molecular flexibility index (Phi) is 3.60. The Labute approximate surface area is 83.9 Å². The van der Waals surface area contributed by atoms with Crippen LogP contribution in [0.25, 0.3) is 0 Å². The van der Waals surface area contributed by atoms with E-state index in [0.717, 1.165) is 12.1 Å². The van der Waals surface area contributed by atoms with Gasteiger partial charge in [-0.1, -0.05) is 12.1 Å². The van der Waals surface area contributed by atoms with Gasteiger partial charge in [0.2, 0.25) is 0 Å². The van der Waals surface area contributed by atoms with Crippen molar-refractivity contribution < 1.29 is 5.11 Å². The molecule has 0 aromatic carbocycles. The van der Waals surface area contributed by atoms with Crippen molar-refractivity contribution in [1.82, 2.24) is 15.0 Å². The van der Waals surface area contributed by atoms with Crippen molar-refractivity contribution in [2.45, 2.75) is 38.8 Å². The molecule has 5 nitrogen and oxygen atoms in total. The van der Waals surface area contributed by atoms with Crippen molar-refractivity contribution in [3.8, 4) is 0 Å². The number of rotatable bonds is 5. The van der Waals surface area contributed by atoms with E-state index >= 15 is 0 Å². The third kappa shape index (κ3) is 3.08. The van der Waals surface area contributed by atoms with Crippen LogP contribution in [0.1, 0.15) is 26.0 Å². The maximum absolute atomic E-state index is 9.80. The van der Waals surface area contributed by atoms with Gasteiger partial charge in [0.1, 0.15) is 0 Å². The normalized spacial score (nSPS) is 15.4. The molecule has 0 bridgehead atoms. The molecule has 0 aliphatic rings. The third-order valence-corrected chi connectivity index (χ3v) is 2.25. The molecule has 80 valence electrons. The Morgan fingerprint density at radius 1 is 1.64 bits per heavy atom. The second-order valence-corrected chi connectivity index (χ2v) is 3.80. The van der Waals surface area contributed by atoms with Crippen LogP contribution < -0.4 is 5.73 Å². The van der Waals surface area contributed by atoms with Crippen molar-refractivity contribution >= 4 is 0 Å². The van der Waals surface area contributed by atoms with E-state index in [1.807, 2.05) is 13.1 Å². The van der Waals surface area contributed by atoms with Crippen molar-refractivity contribution in [2.75, 3.05) is 6.54 Å². The number of nitrogens with zero attached hydrogens (tertiary/aromatic N) is 3. The Morgan fingerprint density at radius 2 is 2.36 bits per heavy atom. The molecule has 0 amide bonds. The van der Waals surface area contributed by atoms with Crippen LogP contribution in [0.5, 0.6) is 0 Å². The van der Waals surface area contributed by atoms with Gasteiger partial charge < -0.3 is 10.8 Å². The summed E-state index contributed by atoms with van der Waals surface area (Å²) in [5.41, 5.74) is 5.56. The highest BCUT2D eigenvalue weighted by molar-refractivity contribution is 4.93. The predicted molar refractivity (Wildman–Crippen MR) is 53.7 cm³/mol. The SMILES string of the molecule is CCC(C)(O)Cn1cc(CCN)nn1. The third-order valence-electron chi connectivity index (χ3n) is 2.25. The van der Waals surface area contributed by atoms with E-state index in [2.05, 4.69) is 10.3 Å². The van der Waals surface area contributed by atoms with Gasteiger partial charge in [-0.2, -0.15) is 0 Å². The number of aromatic nitrogens is 3. The van der Waals surface area contributed by atoms with E-state index in [1.54, 1.807) is 11.6 Å². The Bertz CT molecular complexity index is 282. The van der Waals surface area contributed by atoms with Crippen molar-refractivity contribution in [2.24, 2.45) is 5.73 Å². The molecule has 0 saturated carbocycles. The highest BCUT2D eigenvalue weighted by Crippen LogP contribution is 2.10. The van der Waals surface area contributed by atoms with Gasteiger partial charge in [-0.25, -0.2) is 4.68 Å². The zero-order valence-corrected chi connectivity index (χ0v) is 8.77. The lowest BCUT2D eigenvalue weighted by atomic mass is 10.0. The molecule has 1 aromatic rings. The van der Waals surface area contributed by atoms with Gasteiger partial charge in [-0.05, 0) is 19.9 Å². The van der Waals surface area contributed by atoms with E-state index in [0.29, 0.717) is 19.5 Å².